The highest BCUT2D eigenvalue weighted by atomic mass is 32.2. The Balaban J connectivity index is 1.57. The van der Waals surface area contributed by atoms with E-state index in [2.05, 4.69) is 28.6 Å². The smallest absolute Gasteiger partial charge is 0.133 e. The number of hydrogen-bond acceptors (Lipinski definition) is 3. The summed E-state index contributed by atoms with van der Waals surface area (Å²) in [5.41, 5.74) is 2.31. The molecule has 1 unspecified atom stereocenters. The summed E-state index contributed by atoms with van der Waals surface area (Å²) < 4.78 is 10.1. The highest BCUT2D eigenvalue weighted by molar-refractivity contribution is 7.83. The molecule has 2 aromatic rings. The second kappa shape index (κ2) is 6.59. The van der Waals surface area contributed by atoms with Crippen LogP contribution in [0.3, 0.4) is 0 Å². The van der Waals surface area contributed by atoms with Crippen molar-refractivity contribution in [1.82, 2.24) is 0 Å². The second-order valence-electron chi connectivity index (χ2n) is 4.85. The molecule has 0 radical (unpaired) electrons. The first-order valence-corrected chi connectivity index (χ1v) is 8.08. The molecule has 0 fully saturated rings. The van der Waals surface area contributed by atoms with E-state index in [1.807, 2.05) is 18.2 Å². The number of benzene rings is 2. The van der Waals surface area contributed by atoms with E-state index in [4.69, 9.17) is 4.18 Å². The molecule has 1 aliphatic rings. The van der Waals surface area contributed by atoms with Gasteiger partial charge in [-0.1, -0.05) is 42.5 Å². The fraction of sp³-hybridized carbons (Fsp3) is 0.176. The lowest BCUT2D eigenvalue weighted by Crippen LogP contribution is -1.89. The summed E-state index contributed by atoms with van der Waals surface area (Å²) in [7, 11) is -0.698. The molecule has 0 bridgehead atoms. The topological polar surface area (TPSA) is 41.8 Å². The van der Waals surface area contributed by atoms with Gasteiger partial charge in [0.1, 0.15) is 23.0 Å². The van der Waals surface area contributed by atoms with Gasteiger partial charge < -0.3 is 9.29 Å². The summed E-state index contributed by atoms with van der Waals surface area (Å²) in [6.07, 6.45) is 4.70. The number of rotatable bonds is 5. The summed E-state index contributed by atoms with van der Waals surface area (Å²) in [6, 6.07) is 17.6. The number of aryl methyl sites for hydroxylation is 1. The lowest BCUT2D eigenvalue weighted by molar-refractivity contribution is 0.458. The summed E-state index contributed by atoms with van der Waals surface area (Å²) >= 11 is 0. The molecule has 0 aromatic heterocycles. The van der Waals surface area contributed by atoms with Crippen molar-refractivity contribution in [2.75, 3.05) is 0 Å². The molecule has 0 saturated carbocycles. The molecule has 21 heavy (non-hydrogen) atoms. The predicted molar refractivity (Wildman–Crippen MR) is 84.7 cm³/mol. The minimum atomic E-state index is -0.698. The summed E-state index contributed by atoms with van der Waals surface area (Å²) in [5.74, 6) is 0.239. The van der Waals surface area contributed by atoms with Gasteiger partial charge in [0.25, 0.3) is 0 Å². The number of aromatic hydroxyl groups is 1. The van der Waals surface area contributed by atoms with Gasteiger partial charge >= 0.3 is 0 Å². The molecule has 4 heteroatoms. The minimum Gasteiger partial charge on any atom is -0.507 e. The first kappa shape index (κ1) is 13.9. The van der Waals surface area contributed by atoms with Crippen molar-refractivity contribution in [3.8, 4) is 5.75 Å². The molecule has 0 spiro atoms. The fourth-order valence-corrected chi connectivity index (χ4v) is 3.42. The highest BCUT2D eigenvalue weighted by Crippen LogP contribution is 2.28. The summed E-state index contributed by atoms with van der Waals surface area (Å²) in [4.78, 5) is 0.742. The van der Waals surface area contributed by atoms with E-state index >= 15 is 0 Å². The van der Waals surface area contributed by atoms with E-state index < -0.39 is 11.0 Å². The van der Waals surface area contributed by atoms with Gasteiger partial charge in [-0.05, 0) is 37.0 Å². The monoisotopic (exact) mass is 299 g/mol. The standard InChI is InChI=1S/C17H17NO2S/c19-16-11-4-5-12-17(16)21-18-15(13-20-21)10-6-9-14-7-2-1-3-8-14/h1-5,7-8,11-13,19H,6,9-10H2. The Bertz CT molecular complexity index is 680. The Morgan fingerprint density at radius 2 is 1.71 bits per heavy atom. The molecule has 3 nitrogen and oxygen atoms in total. The molecule has 2 aromatic carbocycles. The zero-order valence-corrected chi connectivity index (χ0v) is 12.4. The zero-order valence-electron chi connectivity index (χ0n) is 11.6. The molecular weight excluding hydrogens is 282 g/mol. The molecule has 3 rings (SSSR count). The Hall–Kier alpha value is -2.07. The third kappa shape index (κ3) is 3.52. The number of nitrogens with zero attached hydrogens (tertiary/aromatic N) is 1. The lowest BCUT2D eigenvalue weighted by atomic mass is 10.1. The molecular formula is C17H17NO2S. The first-order valence-electron chi connectivity index (χ1n) is 6.97. The Labute approximate surface area is 127 Å². The number of phenols is 1. The molecule has 1 heterocycles. The van der Waals surface area contributed by atoms with Crippen LogP contribution in [0, 0.1) is 0 Å². The normalized spacial score (nSPS) is 17.0. The fourth-order valence-electron chi connectivity index (χ4n) is 2.18. The van der Waals surface area contributed by atoms with Gasteiger partial charge in [0.2, 0.25) is 0 Å². The van der Waals surface area contributed by atoms with Crippen molar-refractivity contribution in [3.05, 3.63) is 72.1 Å². The quantitative estimate of drug-likeness (QED) is 0.891. The van der Waals surface area contributed by atoms with Crippen LogP contribution in [0.25, 0.3) is 0 Å². The van der Waals surface area contributed by atoms with E-state index in [-0.39, 0.29) is 5.75 Å². The van der Waals surface area contributed by atoms with E-state index in [1.54, 1.807) is 18.4 Å². The predicted octanol–water partition coefficient (Wildman–Crippen LogP) is 4.36. The van der Waals surface area contributed by atoms with Gasteiger partial charge in [-0.25, -0.2) is 0 Å². The minimum absolute atomic E-state index is 0.239. The van der Waals surface area contributed by atoms with Crippen molar-refractivity contribution in [1.29, 1.82) is 0 Å². The van der Waals surface area contributed by atoms with Gasteiger partial charge in [0, 0.05) is 0 Å². The molecule has 1 atom stereocenters. The van der Waals surface area contributed by atoms with Crippen LogP contribution in [0.15, 0.2) is 75.8 Å². The summed E-state index contributed by atoms with van der Waals surface area (Å²) in [5, 5.41) is 9.83. The largest absolute Gasteiger partial charge is 0.507 e. The van der Waals surface area contributed by atoms with E-state index in [0.29, 0.717) is 0 Å². The van der Waals surface area contributed by atoms with Crippen LogP contribution < -0.4 is 0 Å². The average Bonchev–Trinajstić information content (AvgIpc) is 2.97. The van der Waals surface area contributed by atoms with Gasteiger partial charge in [0.05, 0.1) is 10.6 Å². The number of hydrogen-bond donors (Lipinski definition) is 1. The molecule has 108 valence electrons. The SMILES string of the molecule is Oc1ccccc1S1=NC(CCCc2ccccc2)=CO1. The van der Waals surface area contributed by atoms with Crippen molar-refractivity contribution >= 4 is 11.0 Å². The maximum absolute atomic E-state index is 9.83. The Morgan fingerprint density at radius 3 is 2.52 bits per heavy atom. The van der Waals surface area contributed by atoms with Crippen LogP contribution in [0.2, 0.25) is 0 Å². The molecule has 0 amide bonds. The highest BCUT2D eigenvalue weighted by Gasteiger charge is 2.14. The van der Waals surface area contributed by atoms with Crippen molar-refractivity contribution in [2.24, 2.45) is 4.36 Å². The maximum Gasteiger partial charge on any atom is 0.133 e. The second-order valence-corrected chi connectivity index (χ2v) is 6.17. The lowest BCUT2D eigenvalue weighted by Gasteiger charge is -2.03. The number of allylic oxidation sites excluding steroid dienone is 1. The van der Waals surface area contributed by atoms with Crippen LogP contribution >= 0.6 is 0 Å². The molecule has 1 aliphatic heterocycles. The molecule has 0 aliphatic carbocycles. The van der Waals surface area contributed by atoms with Crippen LogP contribution in [0.5, 0.6) is 5.75 Å². The van der Waals surface area contributed by atoms with Crippen molar-refractivity contribution in [3.63, 3.8) is 0 Å². The Kier molecular flexibility index (Phi) is 4.36. The summed E-state index contributed by atoms with van der Waals surface area (Å²) in [6.45, 7) is 0. The van der Waals surface area contributed by atoms with Crippen LogP contribution in [0.1, 0.15) is 18.4 Å². The Morgan fingerprint density at radius 1 is 0.952 bits per heavy atom. The van der Waals surface area contributed by atoms with Crippen LogP contribution in [0.4, 0.5) is 0 Å². The number of para-hydroxylation sites is 1. The van der Waals surface area contributed by atoms with Crippen LogP contribution in [-0.2, 0) is 21.6 Å². The van der Waals surface area contributed by atoms with E-state index in [9.17, 15) is 5.11 Å². The molecule has 0 saturated heterocycles. The van der Waals surface area contributed by atoms with Crippen molar-refractivity contribution in [2.45, 2.75) is 24.2 Å². The van der Waals surface area contributed by atoms with Crippen molar-refractivity contribution < 1.29 is 9.29 Å². The maximum atomic E-state index is 9.83. The van der Waals surface area contributed by atoms with Gasteiger partial charge in [-0.15, -0.1) is 0 Å². The molecule has 1 N–H and O–H groups in total. The van der Waals surface area contributed by atoms with E-state index in [0.717, 1.165) is 29.9 Å². The first-order chi connectivity index (χ1) is 10.3. The number of phenolic OH excluding ortho intramolecular Hbond substituents is 1. The van der Waals surface area contributed by atoms with Gasteiger partial charge in [-0.3, -0.25) is 0 Å². The van der Waals surface area contributed by atoms with Crippen LogP contribution in [-0.4, -0.2) is 5.11 Å². The third-order valence-corrected chi connectivity index (χ3v) is 4.67. The third-order valence-electron chi connectivity index (χ3n) is 3.27. The van der Waals surface area contributed by atoms with E-state index in [1.165, 1.54) is 5.56 Å². The zero-order chi connectivity index (χ0) is 14.5. The van der Waals surface area contributed by atoms with Gasteiger partial charge in [0.15, 0.2) is 0 Å². The average molecular weight is 299 g/mol. The van der Waals surface area contributed by atoms with Gasteiger partial charge in [-0.2, -0.15) is 4.36 Å².